The van der Waals surface area contributed by atoms with Gasteiger partial charge in [0.25, 0.3) is 11.8 Å². The first-order valence-corrected chi connectivity index (χ1v) is 15.8. The largest absolute Gasteiger partial charge is 0.496 e. The van der Waals surface area contributed by atoms with E-state index in [0.717, 1.165) is 16.9 Å². The standard InChI is InChI=1S/C36H47N5O5/c1-6-37-36(45)32(24(2)3)41-33(42)25(4)39-23-30(21-26-13-8-7-9-14-26)40-35(44)29-17-12-16-28(22-29)34(43)38-20-19-27-15-10-11-18-31(27)46-5/h7-18,22,24-25,30,32,39H,6,19-21,23H2,1-5H3,(H,37,45)(H,38,43)(H,40,44)(H,41,42)/t25-,30-,32-/m0/s1. The molecule has 3 aromatic carbocycles. The highest BCUT2D eigenvalue weighted by Gasteiger charge is 2.26. The summed E-state index contributed by atoms with van der Waals surface area (Å²) >= 11 is 0. The van der Waals surface area contributed by atoms with Crippen molar-refractivity contribution < 1.29 is 23.9 Å². The second-order valence-corrected chi connectivity index (χ2v) is 11.5. The van der Waals surface area contributed by atoms with Gasteiger partial charge in [-0.1, -0.05) is 68.4 Å². The Balaban J connectivity index is 1.64. The summed E-state index contributed by atoms with van der Waals surface area (Å²) in [7, 11) is 1.62. The average Bonchev–Trinajstić information content (AvgIpc) is 3.06. The summed E-state index contributed by atoms with van der Waals surface area (Å²) in [5.41, 5.74) is 2.74. The van der Waals surface area contributed by atoms with Gasteiger partial charge in [-0.15, -0.1) is 0 Å². The third kappa shape index (κ3) is 11.0. The van der Waals surface area contributed by atoms with Crippen molar-refractivity contribution in [2.75, 3.05) is 26.7 Å². The molecule has 0 fully saturated rings. The minimum Gasteiger partial charge on any atom is -0.496 e. The van der Waals surface area contributed by atoms with Crippen LogP contribution in [0.15, 0.2) is 78.9 Å². The van der Waals surface area contributed by atoms with Crippen LogP contribution in [0.2, 0.25) is 0 Å². The van der Waals surface area contributed by atoms with Crippen molar-refractivity contribution in [3.05, 3.63) is 101 Å². The van der Waals surface area contributed by atoms with Gasteiger partial charge in [0.1, 0.15) is 11.8 Å². The van der Waals surface area contributed by atoms with Crippen LogP contribution in [-0.2, 0) is 22.4 Å². The molecule has 0 aromatic heterocycles. The minimum absolute atomic E-state index is 0.0851. The molecule has 3 aromatic rings. The highest BCUT2D eigenvalue weighted by molar-refractivity contribution is 5.99. The fourth-order valence-corrected chi connectivity index (χ4v) is 4.97. The number of para-hydroxylation sites is 1. The Labute approximate surface area is 272 Å². The number of hydrogen-bond donors (Lipinski definition) is 5. The summed E-state index contributed by atoms with van der Waals surface area (Å²) < 4.78 is 5.38. The van der Waals surface area contributed by atoms with Crippen LogP contribution < -0.4 is 31.3 Å². The van der Waals surface area contributed by atoms with Crippen LogP contribution in [0, 0.1) is 5.92 Å². The smallest absolute Gasteiger partial charge is 0.251 e. The molecule has 3 rings (SSSR count). The van der Waals surface area contributed by atoms with Crippen molar-refractivity contribution in [2.45, 2.75) is 58.7 Å². The van der Waals surface area contributed by atoms with E-state index in [-0.39, 0.29) is 35.6 Å². The number of carbonyl (C=O) groups excluding carboxylic acids is 4. The Morgan fingerprint density at radius 2 is 1.43 bits per heavy atom. The molecule has 10 heteroatoms. The van der Waals surface area contributed by atoms with Crippen molar-refractivity contribution in [1.29, 1.82) is 0 Å². The maximum atomic E-state index is 13.4. The lowest BCUT2D eigenvalue weighted by atomic mass is 10.0. The van der Waals surface area contributed by atoms with E-state index in [1.165, 1.54) is 0 Å². The Morgan fingerprint density at radius 3 is 2.11 bits per heavy atom. The molecule has 3 atom stereocenters. The van der Waals surface area contributed by atoms with Gasteiger partial charge in [-0.3, -0.25) is 19.2 Å². The number of rotatable bonds is 17. The molecule has 46 heavy (non-hydrogen) atoms. The van der Waals surface area contributed by atoms with Gasteiger partial charge in [-0.2, -0.15) is 0 Å². The summed E-state index contributed by atoms with van der Waals surface area (Å²) in [5.74, 6) is -0.459. The molecule has 0 radical (unpaired) electrons. The maximum absolute atomic E-state index is 13.4. The van der Waals surface area contributed by atoms with Gasteiger partial charge in [0.15, 0.2) is 0 Å². The van der Waals surface area contributed by atoms with Crippen molar-refractivity contribution in [2.24, 2.45) is 5.92 Å². The minimum atomic E-state index is -0.651. The molecule has 4 amide bonds. The zero-order valence-corrected chi connectivity index (χ0v) is 27.4. The van der Waals surface area contributed by atoms with E-state index in [1.807, 2.05) is 75.4 Å². The summed E-state index contributed by atoms with van der Waals surface area (Å²) in [6, 6.07) is 22.4. The second kappa shape index (κ2) is 18.3. The number of amides is 4. The molecule has 0 spiro atoms. The predicted octanol–water partition coefficient (Wildman–Crippen LogP) is 3.26. The van der Waals surface area contributed by atoms with E-state index in [1.54, 1.807) is 38.3 Å². The fourth-order valence-electron chi connectivity index (χ4n) is 4.97. The summed E-state index contributed by atoms with van der Waals surface area (Å²) in [5, 5.41) is 14.8. The van der Waals surface area contributed by atoms with Crippen LogP contribution in [0.3, 0.4) is 0 Å². The number of nitrogens with one attached hydrogen (secondary N) is 5. The molecule has 0 saturated carbocycles. The fraction of sp³-hybridized carbons (Fsp3) is 0.389. The number of ether oxygens (including phenoxy) is 1. The lowest BCUT2D eigenvalue weighted by Gasteiger charge is -2.25. The number of hydrogen-bond acceptors (Lipinski definition) is 6. The van der Waals surface area contributed by atoms with Crippen molar-refractivity contribution in [1.82, 2.24) is 26.6 Å². The zero-order valence-electron chi connectivity index (χ0n) is 27.4. The number of carbonyl (C=O) groups is 4. The van der Waals surface area contributed by atoms with E-state index in [4.69, 9.17) is 4.74 Å². The van der Waals surface area contributed by atoms with Crippen LogP contribution in [0.25, 0.3) is 0 Å². The van der Waals surface area contributed by atoms with Gasteiger partial charge in [-0.25, -0.2) is 0 Å². The van der Waals surface area contributed by atoms with Crippen LogP contribution in [0.5, 0.6) is 5.75 Å². The van der Waals surface area contributed by atoms with Crippen LogP contribution >= 0.6 is 0 Å². The number of methoxy groups -OCH3 is 1. The van der Waals surface area contributed by atoms with E-state index < -0.39 is 12.1 Å². The first kappa shape index (κ1) is 35.8. The molecule has 0 unspecified atom stereocenters. The number of likely N-dealkylation sites (N-methyl/N-ethyl adjacent to an activating group) is 1. The topological polar surface area (TPSA) is 138 Å². The Bertz CT molecular complexity index is 1450. The Morgan fingerprint density at radius 1 is 0.761 bits per heavy atom. The van der Waals surface area contributed by atoms with Gasteiger partial charge < -0.3 is 31.3 Å². The molecule has 0 aliphatic rings. The van der Waals surface area contributed by atoms with Crippen LogP contribution in [-0.4, -0.2) is 68.5 Å². The number of benzene rings is 3. The van der Waals surface area contributed by atoms with Gasteiger partial charge in [0.2, 0.25) is 11.8 Å². The third-order valence-corrected chi connectivity index (χ3v) is 7.58. The van der Waals surface area contributed by atoms with Gasteiger partial charge in [-0.05, 0) is 68.0 Å². The SMILES string of the molecule is CCNC(=O)[C@@H](NC(=O)[C@H](C)NC[C@H](Cc1ccccc1)NC(=O)c1cccc(C(=O)NCCc2ccccc2OC)c1)C(C)C. The quantitative estimate of drug-likeness (QED) is 0.156. The molecule has 0 bridgehead atoms. The lowest BCUT2D eigenvalue weighted by Crippen LogP contribution is -2.55. The monoisotopic (exact) mass is 629 g/mol. The molecule has 0 saturated heterocycles. The molecule has 246 valence electrons. The molecule has 0 heterocycles. The zero-order chi connectivity index (χ0) is 33.5. The van der Waals surface area contributed by atoms with Crippen LogP contribution in [0.4, 0.5) is 0 Å². The van der Waals surface area contributed by atoms with E-state index in [9.17, 15) is 19.2 Å². The predicted molar refractivity (Wildman–Crippen MR) is 180 cm³/mol. The van der Waals surface area contributed by atoms with Crippen molar-refractivity contribution >= 4 is 23.6 Å². The second-order valence-electron chi connectivity index (χ2n) is 11.5. The Hall–Kier alpha value is -4.70. The lowest BCUT2D eigenvalue weighted by molar-refractivity contribution is -0.130. The van der Waals surface area contributed by atoms with Gasteiger partial charge in [0, 0.05) is 36.8 Å². The average molecular weight is 630 g/mol. The third-order valence-electron chi connectivity index (χ3n) is 7.58. The molecule has 0 aliphatic carbocycles. The van der Waals surface area contributed by atoms with E-state index in [0.29, 0.717) is 43.6 Å². The summed E-state index contributed by atoms with van der Waals surface area (Å²) in [4.78, 5) is 51.8. The summed E-state index contributed by atoms with van der Waals surface area (Å²) in [6.07, 6.45) is 1.12. The molecule has 10 nitrogen and oxygen atoms in total. The molecular weight excluding hydrogens is 582 g/mol. The normalized spacial score (nSPS) is 12.8. The summed E-state index contributed by atoms with van der Waals surface area (Å²) in [6.45, 7) is 8.50. The maximum Gasteiger partial charge on any atom is 0.251 e. The molecule has 5 N–H and O–H groups in total. The molecule has 0 aliphatic heterocycles. The van der Waals surface area contributed by atoms with E-state index in [2.05, 4.69) is 26.6 Å². The highest BCUT2D eigenvalue weighted by atomic mass is 16.5. The first-order valence-electron chi connectivity index (χ1n) is 15.8. The molecular formula is C36H47N5O5. The van der Waals surface area contributed by atoms with E-state index >= 15 is 0 Å². The first-order chi connectivity index (χ1) is 22.1. The van der Waals surface area contributed by atoms with Gasteiger partial charge in [0.05, 0.1) is 13.2 Å². The highest BCUT2D eigenvalue weighted by Crippen LogP contribution is 2.17. The van der Waals surface area contributed by atoms with Crippen molar-refractivity contribution in [3.63, 3.8) is 0 Å². The van der Waals surface area contributed by atoms with Crippen molar-refractivity contribution in [3.8, 4) is 5.75 Å². The van der Waals surface area contributed by atoms with Crippen LogP contribution in [0.1, 0.15) is 59.5 Å². The van der Waals surface area contributed by atoms with Gasteiger partial charge >= 0.3 is 0 Å². The Kier molecular flexibility index (Phi) is 14.2.